The van der Waals surface area contributed by atoms with Gasteiger partial charge >= 0.3 is 0 Å². The first-order valence-corrected chi connectivity index (χ1v) is 4.09. The van der Waals surface area contributed by atoms with E-state index in [1.54, 1.807) is 4.68 Å². The Bertz CT molecular complexity index is 283. The lowest BCUT2D eigenvalue weighted by Gasteiger charge is -2.19. The van der Waals surface area contributed by atoms with Crippen LogP contribution in [0.1, 0.15) is 12.2 Å². The van der Waals surface area contributed by atoms with Gasteiger partial charge in [0.05, 0.1) is 0 Å². The van der Waals surface area contributed by atoms with Crippen LogP contribution in [0.4, 0.5) is 5.95 Å². The van der Waals surface area contributed by atoms with Crippen molar-refractivity contribution in [3.05, 3.63) is 5.82 Å². The molecule has 3 N–H and O–H groups in total. The number of fused-ring (bicyclic) bond motifs is 1. The Balaban J connectivity index is 2.22. The number of nitrogen functional groups attached to an aromatic ring is 1. The number of aliphatic hydroxyl groups excluding tert-OH is 1. The summed E-state index contributed by atoms with van der Waals surface area (Å²) < 4.78 is 1.79. The van der Waals surface area contributed by atoms with Gasteiger partial charge in [-0.2, -0.15) is 4.98 Å². The van der Waals surface area contributed by atoms with Crippen LogP contribution in [0.15, 0.2) is 0 Å². The fraction of sp³-hybridized carbons (Fsp3) is 0.714. The summed E-state index contributed by atoms with van der Waals surface area (Å²) in [6, 6.07) is 0. The van der Waals surface area contributed by atoms with Crippen LogP contribution in [0.5, 0.6) is 0 Å². The summed E-state index contributed by atoms with van der Waals surface area (Å²) in [5.74, 6) is 1.60. The highest BCUT2D eigenvalue weighted by molar-refractivity contribution is 5.14. The van der Waals surface area contributed by atoms with Gasteiger partial charge in [0, 0.05) is 25.5 Å². The van der Waals surface area contributed by atoms with Gasteiger partial charge in [-0.1, -0.05) is 0 Å². The largest absolute Gasteiger partial charge is 0.396 e. The summed E-state index contributed by atoms with van der Waals surface area (Å²) >= 11 is 0. The Morgan fingerprint density at radius 1 is 1.67 bits per heavy atom. The minimum absolute atomic E-state index is 0.221. The number of anilines is 1. The monoisotopic (exact) mass is 168 g/mol. The Morgan fingerprint density at radius 2 is 2.50 bits per heavy atom. The number of aryl methyl sites for hydroxylation is 1. The van der Waals surface area contributed by atoms with E-state index in [9.17, 15) is 0 Å². The predicted octanol–water partition coefficient (Wildman–Crippen LogP) is -0.585. The number of nitrogens with zero attached hydrogens (tertiary/aromatic N) is 3. The SMILES string of the molecule is Nc1nc2n(n1)CC(CO)CC2. The molecule has 0 amide bonds. The van der Waals surface area contributed by atoms with Crippen LogP contribution in [0.25, 0.3) is 0 Å². The maximum absolute atomic E-state index is 8.93. The predicted molar refractivity (Wildman–Crippen MR) is 43.3 cm³/mol. The zero-order valence-electron chi connectivity index (χ0n) is 6.77. The van der Waals surface area contributed by atoms with Gasteiger partial charge in [-0.05, 0) is 6.42 Å². The van der Waals surface area contributed by atoms with Crippen molar-refractivity contribution in [3.63, 3.8) is 0 Å². The van der Waals surface area contributed by atoms with E-state index in [0.29, 0.717) is 11.9 Å². The van der Waals surface area contributed by atoms with Crippen LogP contribution in [0.3, 0.4) is 0 Å². The van der Waals surface area contributed by atoms with Crippen molar-refractivity contribution in [2.45, 2.75) is 19.4 Å². The fourth-order valence-corrected chi connectivity index (χ4v) is 1.54. The van der Waals surface area contributed by atoms with E-state index < -0.39 is 0 Å². The van der Waals surface area contributed by atoms with Crippen LogP contribution in [-0.2, 0) is 13.0 Å². The van der Waals surface area contributed by atoms with E-state index >= 15 is 0 Å². The summed E-state index contributed by atoms with van der Waals surface area (Å²) in [7, 11) is 0. The number of hydrogen-bond donors (Lipinski definition) is 2. The molecule has 0 radical (unpaired) electrons. The summed E-state index contributed by atoms with van der Waals surface area (Å²) in [4.78, 5) is 4.07. The smallest absolute Gasteiger partial charge is 0.239 e. The first-order chi connectivity index (χ1) is 5.79. The molecule has 2 heterocycles. The average Bonchev–Trinajstić information content (AvgIpc) is 2.43. The van der Waals surface area contributed by atoms with E-state index in [1.165, 1.54) is 0 Å². The number of aromatic nitrogens is 3. The summed E-state index contributed by atoms with van der Waals surface area (Å²) in [6.07, 6.45) is 1.85. The van der Waals surface area contributed by atoms with Crippen LogP contribution in [-0.4, -0.2) is 26.5 Å². The molecular formula is C7H12N4O. The normalized spacial score (nSPS) is 22.2. The third-order valence-corrected chi connectivity index (χ3v) is 2.23. The molecule has 0 spiro atoms. The fourth-order valence-electron chi connectivity index (χ4n) is 1.54. The molecule has 0 saturated heterocycles. The molecule has 5 nitrogen and oxygen atoms in total. The van der Waals surface area contributed by atoms with Gasteiger partial charge in [0.2, 0.25) is 5.95 Å². The van der Waals surface area contributed by atoms with E-state index in [0.717, 1.165) is 25.2 Å². The van der Waals surface area contributed by atoms with Crippen molar-refractivity contribution >= 4 is 5.95 Å². The molecule has 1 atom stereocenters. The van der Waals surface area contributed by atoms with Crippen molar-refractivity contribution in [1.29, 1.82) is 0 Å². The molecule has 1 aromatic rings. The topological polar surface area (TPSA) is 77.0 Å². The van der Waals surface area contributed by atoms with Crippen molar-refractivity contribution < 1.29 is 5.11 Å². The molecule has 1 aliphatic heterocycles. The van der Waals surface area contributed by atoms with Crippen LogP contribution < -0.4 is 5.73 Å². The van der Waals surface area contributed by atoms with Gasteiger partial charge in [0.25, 0.3) is 0 Å². The van der Waals surface area contributed by atoms with E-state index in [1.807, 2.05) is 0 Å². The standard InChI is InChI=1S/C7H12N4O/c8-7-9-6-2-1-5(4-12)3-11(6)10-7/h5,12H,1-4H2,(H2,8,10). The zero-order chi connectivity index (χ0) is 8.55. The molecule has 0 saturated carbocycles. The highest BCUT2D eigenvalue weighted by Crippen LogP contribution is 2.17. The zero-order valence-corrected chi connectivity index (χ0v) is 6.77. The summed E-state index contributed by atoms with van der Waals surface area (Å²) in [5.41, 5.74) is 5.44. The molecule has 12 heavy (non-hydrogen) atoms. The van der Waals surface area contributed by atoms with Gasteiger partial charge in [-0.25, -0.2) is 4.68 Å². The first kappa shape index (κ1) is 7.54. The quantitative estimate of drug-likeness (QED) is 0.588. The van der Waals surface area contributed by atoms with Gasteiger partial charge < -0.3 is 10.8 Å². The van der Waals surface area contributed by atoms with Crippen molar-refractivity contribution in [3.8, 4) is 0 Å². The Hall–Kier alpha value is -1.10. The van der Waals surface area contributed by atoms with E-state index in [-0.39, 0.29) is 6.61 Å². The Kier molecular flexibility index (Phi) is 1.73. The number of aliphatic hydroxyl groups is 1. The van der Waals surface area contributed by atoms with Crippen molar-refractivity contribution in [2.24, 2.45) is 5.92 Å². The minimum Gasteiger partial charge on any atom is -0.396 e. The third-order valence-electron chi connectivity index (χ3n) is 2.23. The lowest BCUT2D eigenvalue weighted by atomic mass is 10.0. The maximum Gasteiger partial charge on any atom is 0.239 e. The highest BCUT2D eigenvalue weighted by atomic mass is 16.3. The molecule has 1 aromatic heterocycles. The molecule has 0 fully saturated rings. The van der Waals surface area contributed by atoms with E-state index in [2.05, 4.69) is 10.1 Å². The molecule has 0 bridgehead atoms. The van der Waals surface area contributed by atoms with Crippen molar-refractivity contribution in [1.82, 2.24) is 14.8 Å². The summed E-state index contributed by atoms with van der Waals surface area (Å²) in [6.45, 7) is 0.967. The lowest BCUT2D eigenvalue weighted by molar-refractivity contribution is 0.185. The molecule has 66 valence electrons. The first-order valence-electron chi connectivity index (χ1n) is 4.09. The highest BCUT2D eigenvalue weighted by Gasteiger charge is 2.19. The molecule has 1 aliphatic rings. The molecule has 2 rings (SSSR count). The van der Waals surface area contributed by atoms with Crippen molar-refractivity contribution in [2.75, 3.05) is 12.3 Å². The second kappa shape index (κ2) is 2.75. The molecule has 0 aromatic carbocycles. The third kappa shape index (κ3) is 1.16. The Morgan fingerprint density at radius 3 is 3.25 bits per heavy atom. The summed E-state index contributed by atoms with van der Waals surface area (Å²) in [5, 5.41) is 13.0. The van der Waals surface area contributed by atoms with Crippen LogP contribution in [0, 0.1) is 5.92 Å². The Labute approximate surface area is 70.2 Å². The van der Waals surface area contributed by atoms with Gasteiger partial charge in [0.1, 0.15) is 5.82 Å². The number of rotatable bonds is 1. The maximum atomic E-state index is 8.93. The van der Waals surface area contributed by atoms with Gasteiger partial charge in [0.15, 0.2) is 0 Å². The molecule has 5 heteroatoms. The molecule has 1 unspecified atom stereocenters. The molecule has 0 aliphatic carbocycles. The van der Waals surface area contributed by atoms with E-state index in [4.69, 9.17) is 10.8 Å². The van der Waals surface area contributed by atoms with Gasteiger partial charge in [-0.15, -0.1) is 5.10 Å². The average molecular weight is 168 g/mol. The number of nitrogens with two attached hydrogens (primary N) is 1. The second-order valence-electron chi connectivity index (χ2n) is 3.16. The van der Waals surface area contributed by atoms with Crippen LogP contribution in [0.2, 0.25) is 0 Å². The van der Waals surface area contributed by atoms with Crippen LogP contribution >= 0.6 is 0 Å². The number of hydrogen-bond acceptors (Lipinski definition) is 4. The minimum atomic E-state index is 0.221. The van der Waals surface area contributed by atoms with Gasteiger partial charge in [-0.3, -0.25) is 0 Å². The molecular weight excluding hydrogens is 156 g/mol. The lowest BCUT2D eigenvalue weighted by Crippen LogP contribution is -2.23. The second-order valence-corrected chi connectivity index (χ2v) is 3.16.